The van der Waals surface area contributed by atoms with Gasteiger partial charge in [-0.3, -0.25) is 9.48 Å². The van der Waals surface area contributed by atoms with E-state index in [1.54, 1.807) is 12.3 Å². The van der Waals surface area contributed by atoms with Gasteiger partial charge in [-0.05, 0) is 80.7 Å². The van der Waals surface area contributed by atoms with E-state index < -0.39 is 0 Å². The van der Waals surface area contributed by atoms with Crippen LogP contribution >= 0.6 is 0 Å². The molecule has 7 heteroatoms. The summed E-state index contributed by atoms with van der Waals surface area (Å²) in [4.78, 5) is 15.1. The molecule has 0 bridgehead atoms. The number of aromatic nitrogens is 3. The first-order valence-corrected chi connectivity index (χ1v) is 11.7. The van der Waals surface area contributed by atoms with Crippen molar-refractivity contribution in [3.05, 3.63) is 65.3 Å². The number of likely N-dealkylation sites (tertiary alicyclic amines) is 1. The highest BCUT2D eigenvalue weighted by molar-refractivity contribution is 5.92. The molecule has 1 aromatic carbocycles. The van der Waals surface area contributed by atoms with Crippen LogP contribution in [0.4, 0.5) is 0 Å². The molecule has 5 rings (SSSR count). The van der Waals surface area contributed by atoms with Gasteiger partial charge >= 0.3 is 0 Å². The summed E-state index contributed by atoms with van der Waals surface area (Å²) in [5.74, 6) is 1.35. The summed E-state index contributed by atoms with van der Waals surface area (Å²) >= 11 is 0. The van der Waals surface area contributed by atoms with Gasteiger partial charge < -0.3 is 14.2 Å². The number of carbonyl (C=O) groups excluding carboxylic acids is 1. The van der Waals surface area contributed by atoms with Gasteiger partial charge in [0.25, 0.3) is 5.91 Å². The monoisotopic (exact) mass is 434 g/mol. The second kappa shape index (κ2) is 9.59. The van der Waals surface area contributed by atoms with Crippen molar-refractivity contribution in [2.24, 2.45) is 0 Å². The van der Waals surface area contributed by atoms with Crippen LogP contribution in [0, 0.1) is 0 Å². The average molecular weight is 435 g/mol. The summed E-state index contributed by atoms with van der Waals surface area (Å²) < 4.78 is 13.3. The average Bonchev–Trinajstić information content (AvgIpc) is 3.53. The van der Waals surface area contributed by atoms with Crippen LogP contribution in [0.5, 0.6) is 5.75 Å². The third kappa shape index (κ3) is 4.71. The van der Waals surface area contributed by atoms with Gasteiger partial charge in [-0.2, -0.15) is 5.10 Å². The van der Waals surface area contributed by atoms with Crippen molar-refractivity contribution in [2.45, 2.75) is 70.6 Å². The highest BCUT2D eigenvalue weighted by Crippen LogP contribution is 2.26. The van der Waals surface area contributed by atoms with E-state index in [-0.39, 0.29) is 18.6 Å². The molecule has 3 aromatic rings. The topological polar surface area (TPSA) is 73.4 Å². The third-order valence-electron chi connectivity index (χ3n) is 6.62. The standard InChI is InChI=1S/C25H30N4O3/c30-25(29-14-4-3-8-21(29)11-15-28-13-5-12-26-28)24-17-23(32-27-24)18-31-22-10-9-19-6-1-2-7-20(19)16-22/h5,9-10,12-13,16-17,21H,1-4,6-8,11,14-15,18H2/t21-/m1/s1. The fraction of sp³-hybridized carbons (Fsp3) is 0.480. The Morgan fingerprint density at radius 3 is 2.91 bits per heavy atom. The smallest absolute Gasteiger partial charge is 0.276 e. The molecule has 168 valence electrons. The van der Waals surface area contributed by atoms with E-state index in [9.17, 15) is 4.79 Å². The number of hydrogen-bond acceptors (Lipinski definition) is 5. The fourth-order valence-corrected chi connectivity index (χ4v) is 4.87. The summed E-state index contributed by atoms with van der Waals surface area (Å²) in [7, 11) is 0. The number of hydrogen-bond donors (Lipinski definition) is 0. The lowest BCUT2D eigenvalue weighted by molar-refractivity contribution is 0.0583. The lowest BCUT2D eigenvalue weighted by Crippen LogP contribution is -2.44. The van der Waals surface area contributed by atoms with Gasteiger partial charge in [-0.1, -0.05) is 11.2 Å². The maximum Gasteiger partial charge on any atom is 0.276 e. The van der Waals surface area contributed by atoms with Gasteiger partial charge in [0.1, 0.15) is 12.4 Å². The molecular weight excluding hydrogens is 404 g/mol. The summed E-state index contributed by atoms with van der Waals surface area (Å²) in [6, 6.07) is 10.2. The maximum absolute atomic E-state index is 13.2. The molecule has 0 radical (unpaired) electrons. The van der Waals surface area contributed by atoms with Crippen molar-refractivity contribution in [1.29, 1.82) is 0 Å². The van der Waals surface area contributed by atoms with Crippen molar-refractivity contribution in [2.75, 3.05) is 6.54 Å². The van der Waals surface area contributed by atoms with Gasteiger partial charge in [0.15, 0.2) is 11.5 Å². The van der Waals surface area contributed by atoms with Crippen LogP contribution in [0.1, 0.15) is 65.9 Å². The number of ether oxygens (including phenoxy) is 1. The molecule has 1 atom stereocenters. The number of rotatable bonds is 7. The van der Waals surface area contributed by atoms with Crippen molar-refractivity contribution in [3.8, 4) is 5.75 Å². The molecule has 2 aliphatic rings. The van der Waals surface area contributed by atoms with Crippen molar-refractivity contribution in [1.82, 2.24) is 19.8 Å². The fourth-order valence-electron chi connectivity index (χ4n) is 4.87. The van der Waals surface area contributed by atoms with Gasteiger partial charge in [0.2, 0.25) is 0 Å². The number of aryl methyl sites for hydroxylation is 3. The van der Waals surface area contributed by atoms with E-state index in [0.29, 0.717) is 11.5 Å². The number of fused-ring (bicyclic) bond motifs is 1. The molecule has 0 spiro atoms. The molecule has 0 unspecified atom stereocenters. The van der Waals surface area contributed by atoms with Gasteiger partial charge in [0, 0.05) is 37.6 Å². The molecule has 1 aliphatic carbocycles. The van der Waals surface area contributed by atoms with Gasteiger partial charge in [0.05, 0.1) is 0 Å². The molecule has 1 aliphatic heterocycles. The van der Waals surface area contributed by atoms with Crippen LogP contribution in [0.25, 0.3) is 0 Å². The SMILES string of the molecule is O=C(c1cc(COc2ccc3c(c2)CCCC3)on1)N1CCCC[C@@H]1CCn1cccn1. The molecule has 1 amide bonds. The van der Waals surface area contributed by atoms with E-state index in [1.165, 1.54) is 24.0 Å². The molecule has 32 heavy (non-hydrogen) atoms. The van der Waals surface area contributed by atoms with Crippen molar-refractivity contribution >= 4 is 5.91 Å². The molecule has 7 nitrogen and oxygen atoms in total. The van der Waals surface area contributed by atoms with Crippen LogP contribution in [-0.4, -0.2) is 38.3 Å². The Morgan fingerprint density at radius 1 is 1.12 bits per heavy atom. The number of amides is 1. The molecule has 3 heterocycles. The molecule has 2 aromatic heterocycles. The zero-order chi connectivity index (χ0) is 21.8. The minimum absolute atomic E-state index is 0.0565. The Kier molecular flexibility index (Phi) is 6.23. The van der Waals surface area contributed by atoms with Gasteiger partial charge in [-0.25, -0.2) is 0 Å². The van der Waals surface area contributed by atoms with E-state index in [2.05, 4.69) is 22.4 Å². The first kappa shape index (κ1) is 20.8. The minimum Gasteiger partial charge on any atom is -0.486 e. The molecule has 1 saturated heterocycles. The Hall–Kier alpha value is -3.09. The Labute approximate surface area is 188 Å². The minimum atomic E-state index is -0.0565. The number of piperidine rings is 1. The number of benzene rings is 1. The zero-order valence-electron chi connectivity index (χ0n) is 18.4. The quantitative estimate of drug-likeness (QED) is 0.551. The summed E-state index contributed by atoms with van der Waals surface area (Å²) in [5.41, 5.74) is 3.17. The van der Waals surface area contributed by atoms with Crippen LogP contribution < -0.4 is 4.74 Å². The third-order valence-corrected chi connectivity index (χ3v) is 6.62. The Morgan fingerprint density at radius 2 is 2.03 bits per heavy atom. The molecule has 0 saturated carbocycles. The predicted molar refractivity (Wildman–Crippen MR) is 119 cm³/mol. The van der Waals surface area contributed by atoms with Crippen molar-refractivity contribution in [3.63, 3.8) is 0 Å². The summed E-state index contributed by atoms with van der Waals surface area (Å²) in [5, 5.41) is 8.33. The summed E-state index contributed by atoms with van der Waals surface area (Å²) in [6.07, 6.45) is 12.6. The Bertz CT molecular complexity index is 1040. The number of carbonyl (C=O) groups is 1. The normalized spacial score (nSPS) is 18.4. The van der Waals surface area contributed by atoms with Crippen LogP contribution in [0.2, 0.25) is 0 Å². The highest BCUT2D eigenvalue weighted by Gasteiger charge is 2.29. The van der Waals surface area contributed by atoms with Crippen LogP contribution in [0.3, 0.4) is 0 Å². The number of nitrogens with zero attached hydrogens (tertiary/aromatic N) is 4. The van der Waals surface area contributed by atoms with Crippen molar-refractivity contribution < 1.29 is 14.1 Å². The molecular formula is C25H30N4O3. The van der Waals surface area contributed by atoms with E-state index >= 15 is 0 Å². The predicted octanol–water partition coefficient (Wildman–Crippen LogP) is 4.41. The lowest BCUT2D eigenvalue weighted by Gasteiger charge is -2.35. The highest BCUT2D eigenvalue weighted by atomic mass is 16.5. The second-order valence-electron chi connectivity index (χ2n) is 8.81. The first-order valence-electron chi connectivity index (χ1n) is 11.7. The first-order chi connectivity index (χ1) is 15.8. The largest absolute Gasteiger partial charge is 0.486 e. The molecule has 0 N–H and O–H groups in total. The summed E-state index contributed by atoms with van der Waals surface area (Å²) in [6.45, 7) is 1.83. The molecule has 1 fully saturated rings. The van der Waals surface area contributed by atoms with E-state index in [0.717, 1.165) is 57.4 Å². The lowest BCUT2D eigenvalue weighted by atomic mass is 9.92. The van der Waals surface area contributed by atoms with Crippen LogP contribution in [0.15, 0.2) is 47.2 Å². The second-order valence-corrected chi connectivity index (χ2v) is 8.81. The van der Waals surface area contributed by atoms with E-state index in [4.69, 9.17) is 9.26 Å². The Balaban J connectivity index is 1.20. The van der Waals surface area contributed by atoms with Gasteiger partial charge in [-0.15, -0.1) is 0 Å². The van der Waals surface area contributed by atoms with E-state index in [1.807, 2.05) is 27.9 Å². The maximum atomic E-state index is 13.2. The zero-order valence-corrected chi connectivity index (χ0v) is 18.4. The van der Waals surface area contributed by atoms with Crippen LogP contribution in [-0.2, 0) is 26.0 Å².